The van der Waals surface area contributed by atoms with Crippen molar-refractivity contribution in [2.24, 2.45) is 0 Å². The minimum Gasteiger partial charge on any atom is -0.493 e. The van der Waals surface area contributed by atoms with Crippen molar-refractivity contribution in [3.8, 4) is 5.75 Å². The molecule has 32 heavy (non-hydrogen) atoms. The Morgan fingerprint density at radius 1 is 1.00 bits per heavy atom. The lowest BCUT2D eigenvalue weighted by molar-refractivity contribution is 0.200. The second-order valence-electron chi connectivity index (χ2n) is 7.85. The minimum atomic E-state index is -3.67. The molecule has 3 rings (SSSR count). The fourth-order valence-corrected chi connectivity index (χ4v) is 5.42. The van der Waals surface area contributed by atoms with Gasteiger partial charge < -0.3 is 4.74 Å². The zero-order valence-electron chi connectivity index (χ0n) is 18.0. The van der Waals surface area contributed by atoms with Crippen LogP contribution in [0.25, 0.3) is 0 Å². The van der Waals surface area contributed by atoms with Crippen LogP contribution in [0, 0.1) is 5.82 Å². The number of hydrogen-bond donors (Lipinski definition) is 1. The van der Waals surface area contributed by atoms with E-state index in [1.54, 1.807) is 19.1 Å². The lowest BCUT2D eigenvalue weighted by atomic mass is 10.1. The smallest absolute Gasteiger partial charge is 0.240 e. The highest BCUT2D eigenvalue weighted by atomic mass is 32.2. The van der Waals surface area contributed by atoms with Crippen LogP contribution >= 0.6 is 0 Å². The van der Waals surface area contributed by atoms with Crippen molar-refractivity contribution in [1.82, 2.24) is 9.62 Å². The van der Waals surface area contributed by atoms with Gasteiger partial charge in [0.25, 0.3) is 0 Å². The third kappa shape index (κ3) is 7.26. The summed E-state index contributed by atoms with van der Waals surface area (Å²) in [6.45, 7) is 3.81. The molecule has 0 amide bonds. The number of rotatable bonds is 10. The molecular weight excluding hydrogens is 455 g/mol. The van der Waals surface area contributed by atoms with Crippen molar-refractivity contribution in [2.45, 2.75) is 37.2 Å². The summed E-state index contributed by atoms with van der Waals surface area (Å²) >= 11 is 0. The highest BCUT2D eigenvalue weighted by Gasteiger charge is 2.24. The maximum absolute atomic E-state index is 13.0. The zero-order chi connectivity index (χ0) is 23.2. The largest absolute Gasteiger partial charge is 0.493 e. The van der Waals surface area contributed by atoms with Gasteiger partial charge >= 0.3 is 0 Å². The standard InChI is InChI=1S/C22H29FN2O5S2/c1-2-31(26,27)16-15-30-21-7-9-22(10-8-21)32(28,29)24-20-11-13-25(14-12-20)17-18-3-5-19(23)6-4-18/h3-10,20,24H,2,11-17H2,1H3. The number of sulfonamides is 1. The van der Waals surface area contributed by atoms with Crippen LogP contribution in [0.1, 0.15) is 25.3 Å². The van der Waals surface area contributed by atoms with Crippen molar-refractivity contribution < 1.29 is 26.0 Å². The molecule has 1 N–H and O–H groups in total. The predicted molar refractivity (Wildman–Crippen MR) is 121 cm³/mol. The molecule has 1 heterocycles. The molecule has 0 unspecified atom stereocenters. The third-order valence-electron chi connectivity index (χ3n) is 5.47. The highest BCUT2D eigenvalue weighted by molar-refractivity contribution is 7.91. The number of sulfone groups is 1. The lowest BCUT2D eigenvalue weighted by Crippen LogP contribution is -2.44. The number of halogens is 1. The Balaban J connectivity index is 1.48. The van der Waals surface area contributed by atoms with E-state index in [9.17, 15) is 21.2 Å². The maximum Gasteiger partial charge on any atom is 0.240 e. The Morgan fingerprint density at radius 2 is 1.62 bits per heavy atom. The first-order valence-electron chi connectivity index (χ1n) is 10.6. The molecule has 0 aromatic heterocycles. The summed E-state index contributed by atoms with van der Waals surface area (Å²) in [5.41, 5.74) is 1.03. The van der Waals surface area contributed by atoms with Gasteiger partial charge in [0.1, 0.15) is 18.2 Å². The summed E-state index contributed by atoms with van der Waals surface area (Å²) in [5.74, 6) is 0.144. The molecule has 0 atom stereocenters. The number of benzene rings is 2. The van der Waals surface area contributed by atoms with Crippen LogP contribution in [0.15, 0.2) is 53.4 Å². The molecule has 0 radical (unpaired) electrons. The topological polar surface area (TPSA) is 92.8 Å². The second kappa shape index (κ2) is 10.7. The van der Waals surface area contributed by atoms with Gasteiger partial charge in [-0.25, -0.2) is 25.9 Å². The van der Waals surface area contributed by atoms with Crippen LogP contribution < -0.4 is 9.46 Å². The van der Waals surface area contributed by atoms with E-state index in [2.05, 4.69) is 9.62 Å². The van der Waals surface area contributed by atoms with Crippen LogP contribution in [0.4, 0.5) is 4.39 Å². The van der Waals surface area contributed by atoms with Gasteiger partial charge in [-0.3, -0.25) is 4.90 Å². The zero-order valence-corrected chi connectivity index (χ0v) is 19.7. The summed E-state index contributed by atoms with van der Waals surface area (Å²) in [4.78, 5) is 2.36. The summed E-state index contributed by atoms with van der Waals surface area (Å²) in [5, 5.41) is 0. The third-order valence-corrected chi connectivity index (χ3v) is 8.67. The van der Waals surface area contributed by atoms with Crippen LogP contribution in [0.2, 0.25) is 0 Å². The van der Waals surface area contributed by atoms with Gasteiger partial charge in [-0.05, 0) is 54.8 Å². The van der Waals surface area contributed by atoms with Gasteiger partial charge in [0.15, 0.2) is 9.84 Å². The summed E-state index contributed by atoms with van der Waals surface area (Å²) < 4.78 is 69.7. The first-order chi connectivity index (χ1) is 15.2. The Hall–Kier alpha value is -2.01. The Bertz CT molecular complexity index is 1080. The van der Waals surface area contributed by atoms with E-state index in [1.807, 2.05) is 0 Å². The first kappa shape index (κ1) is 24.6. The van der Waals surface area contributed by atoms with Crippen molar-refractivity contribution in [2.75, 3.05) is 31.2 Å². The number of nitrogens with zero attached hydrogens (tertiary/aromatic N) is 1. The van der Waals surface area contributed by atoms with E-state index in [0.717, 1.165) is 18.7 Å². The Labute approximate surface area is 189 Å². The average molecular weight is 485 g/mol. The van der Waals surface area contributed by atoms with Crippen LogP contribution in [0.3, 0.4) is 0 Å². The molecule has 0 saturated carbocycles. The molecule has 176 valence electrons. The number of likely N-dealkylation sites (tertiary alicyclic amines) is 1. The molecule has 0 aliphatic carbocycles. The van der Waals surface area contributed by atoms with Crippen LogP contribution in [0.5, 0.6) is 5.75 Å². The molecule has 10 heteroatoms. The SMILES string of the molecule is CCS(=O)(=O)CCOc1ccc(S(=O)(=O)NC2CCN(Cc3ccc(F)cc3)CC2)cc1. The first-order valence-corrected chi connectivity index (χ1v) is 13.9. The average Bonchev–Trinajstić information content (AvgIpc) is 2.77. The minimum absolute atomic E-state index is 0.0248. The predicted octanol–water partition coefficient (Wildman–Crippen LogP) is 2.58. The number of piperidine rings is 1. The summed E-state index contributed by atoms with van der Waals surface area (Å²) in [6, 6.07) is 12.2. The van der Waals surface area contributed by atoms with Crippen LogP contribution in [-0.4, -0.2) is 59.0 Å². The second-order valence-corrected chi connectivity index (χ2v) is 12.0. The number of nitrogens with one attached hydrogen (secondary N) is 1. The van der Waals surface area contributed by atoms with Gasteiger partial charge in [0, 0.05) is 31.4 Å². The molecule has 2 aromatic carbocycles. The summed E-state index contributed by atoms with van der Waals surface area (Å²) in [6.07, 6.45) is 1.38. The Morgan fingerprint density at radius 3 is 2.22 bits per heavy atom. The molecule has 2 aromatic rings. The van der Waals surface area contributed by atoms with E-state index >= 15 is 0 Å². The highest BCUT2D eigenvalue weighted by Crippen LogP contribution is 2.19. The molecule has 1 saturated heterocycles. The van der Waals surface area contributed by atoms with Crippen molar-refractivity contribution in [3.05, 3.63) is 59.9 Å². The Kier molecular flexibility index (Phi) is 8.26. The van der Waals surface area contributed by atoms with Gasteiger partial charge in [-0.2, -0.15) is 0 Å². The molecule has 0 bridgehead atoms. The fraction of sp³-hybridized carbons (Fsp3) is 0.455. The lowest BCUT2D eigenvalue weighted by Gasteiger charge is -2.32. The van der Waals surface area contributed by atoms with Crippen molar-refractivity contribution in [1.29, 1.82) is 0 Å². The van der Waals surface area contributed by atoms with Gasteiger partial charge in [-0.1, -0.05) is 19.1 Å². The molecule has 1 aliphatic rings. The maximum atomic E-state index is 13.0. The van der Waals surface area contributed by atoms with Gasteiger partial charge in [-0.15, -0.1) is 0 Å². The van der Waals surface area contributed by atoms with E-state index in [0.29, 0.717) is 25.1 Å². The molecule has 1 aliphatic heterocycles. The van der Waals surface area contributed by atoms with E-state index in [-0.39, 0.29) is 34.9 Å². The van der Waals surface area contributed by atoms with Crippen LogP contribution in [-0.2, 0) is 26.4 Å². The van der Waals surface area contributed by atoms with Crippen molar-refractivity contribution in [3.63, 3.8) is 0 Å². The summed E-state index contributed by atoms with van der Waals surface area (Å²) in [7, 11) is -6.78. The molecule has 7 nitrogen and oxygen atoms in total. The monoisotopic (exact) mass is 484 g/mol. The number of hydrogen-bond acceptors (Lipinski definition) is 6. The van der Waals surface area contributed by atoms with E-state index in [4.69, 9.17) is 4.74 Å². The quantitative estimate of drug-likeness (QED) is 0.557. The van der Waals surface area contributed by atoms with E-state index in [1.165, 1.54) is 36.4 Å². The number of ether oxygens (including phenoxy) is 1. The van der Waals surface area contributed by atoms with Gasteiger partial charge in [0.05, 0.1) is 10.6 Å². The normalized spacial score (nSPS) is 16.2. The fourth-order valence-electron chi connectivity index (χ4n) is 3.49. The van der Waals surface area contributed by atoms with Crippen molar-refractivity contribution >= 4 is 19.9 Å². The van der Waals surface area contributed by atoms with Gasteiger partial charge in [0.2, 0.25) is 10.0 Å². The molecule has 0 spiro atoms. The molecular formula is C22H29FN2O5S2. The van der Waals surface area contributed by atoms with E-state index < -0.39 is 19.9 Å². The molecule has 1 fully saturated rings.